The Kier molecular flexibility index (Phi) is 8.63. The van der Waals surface area contributed by atoms with Gasteiger partial charge in [-0.15, -0.1) is 0 Å². The van der Waals surface area contributed by atoms with Gasteiger partial charge in [0.05, 0.1) is 14.2 Å². The number of halogens is 1. The van der Waals surface area contributed by atoms with E-state index in [1.54, 1.807) is 14.2 Å². The van der Waals surface area contributed by atoms with Crippen molar-refractivity contribution in [2.45, 2.75) is 19.9 Å². The van der Waals surface area contributed by atoms with Gasteiger partial charge in [-0.05, 0) is 26.0 Å². The molecule has 0 aliphatic carbocycles. The molecule has 1 aromatic carbocycles. The van der Waals surface area contributed by atoms with E-state index in [0.29, 0.717) is 6.04 Å². The monoisotopic (exact) mass is 483 g/mol. The topological polar surface area (TPSA) is 24.9 Å². The van der Waals surface area contributed by atoms with Gasteiger partial charge in [-0.3, -0.25) is 4.90 Å². The first-order valence-electron chi connectivity index (χ1n) is 6.25. The van der Waals surface area contributed by atoms with Crippen LogP contribution in [0.25, 0.3) is 0 Å². The van der Waals surface area contributed by atoms with Crippen molar-refractivity contribution >= 4 is 5.69 Å². The number of para-hydroxylation sites is 1. The van der Waals surface area contributed by atoms with Gasteiger partial charge in [-0.25, -0.2) is 0 Å². The minimum absolute atomic E-state index is 0. The molecule has 1 fully saturated rings. The summed E-state index contributed by atoms with van der Waals surface area (Å²) in [4.78, 5) is 4.50. The number of methoxy groups -OCH3 is 2. The molecule has 2 rings (SSSR count). The Hall–Kier alpha value is -0.390. The standard InChI is InChI=1S/C14H21N2O2.Au.ClH.H2/c1-11(2)15-8-9-16(10-15)14-12(17-3)6-5-7-13(14)18-4;;;/h5-7,10-11H,8-9H2,1-4H3;;2*1H/q;+1;;/p-1. The van der Waals surface area contributed by atoms with Gasteiger partial charge in [0.1, 0.15) is 23.9 Å². The molecule has 0 aromatic heterocycles. The van der Waals surface area contributed by atoms with Crippen molar-refractivity contribution in [3.05, 3.63) is 24.9 Å². The van der Waals surface area contributed by atoms with Crippen LogP contribution in [0.2, 0.25) is 0 Å². The number of ether oxygens (including phenoxy) is 2. The minimum Gasteiger partial charge on any atom is -1.00 e. The Morgan fingerprint density at radius 2 is 1.65 bits per heavy atom. The minimum atomic E-state index is 0. The molecule has 1 heterocycles. The van der Waals surface area contributed by atoms with E-state index in [4.69, 9.17) is 9.47 Å². The van der Waals surface area contributed by atoms with E-state index in [2.05, 4.69) is 30.3 Å². The molecule has 0 saturated carbocycles. The molecule has 0 atom stereocenters. The van der Waals surface area contributed by atoms with Crippen LogP contribution in [0.3, 0.4) is 0 Å². The van der Waals surface area contributed by atoms with E-state index in [1.807, 2.05) is 18.2 Å². The third-order valence-electron chi connectivity index (χ3n) is 3.24. The van der Waals surface area contributed by atoms with E-state index in [1.165, 1.54) is 0 Å². The maximum atomic E-state index is 5.44. The summed E-state index contributed by atoms with van der Waals surface area (Å²) in [5.74, 6) is 1.69. The van der Waals surface area contributed by atoms with Crippen molar-refractivity contribution < 1.29 is 45.7 Å². The summed E-state index contributed by atoms with van der Waals surface area (Å²) >= 11 is 0. The molecule has 0 bridgehead atoms. The number of hydrogen-bond acceptors (Lipinski definition) is 4. The Bertz CT molecular complexity index is 402. The second kappa shape index (κ2) is 8.80. The fourth-order valence-corrected chi connectivity index (χ4v) is 2.19. The zero-order valence-corrected chi connectivity index (χ0v) is 15.1. The molecule has 6 heteroatoms. The Labute approximate surface area is 144 Å². The van der Waals surface area contributed by atoms with Crippen molar-refractivity contribution in [1.29, 1.82) is 0 Å². The van der Waals surface area contributed by atoms with Crippen LogP contribution in [-0.2, 0) is 22.4 Å². The van der Waals surface area contributed by atoms with Gasteiger partial charge in [0.15, 0.2) is 0 Å². The van der Waals surface area contributed by atoms with Crippen LogP contribution in [0, 0.1) is 6.67 Å². The van der Waals surface area contributed by atoms with Crippen molar-refractivity contribution in [1.82, 2.24) is 4.90 Å². The van der Waals surface area contributed by atoms with Gasteiger partial charge in [-0.2, -0.15) is 0 Å². The van der Waals surface area contributed by atoms with Crippen LogP contribution in [0.5, 0.6) is 11.5 Å². The van der Waals surface area contributed by atoms with Gasteiger partial charge >= 0.3 is 22.4 Å². The Balaban J connectivity index is 0. The summed E-state index contributed by atoms with van der Waals surface area (Å²) in [6.45, 7) is 8.51. The average molecular weight is 484 g/mol. The Morgan fingerprint density at radius 3 is 2.05 bits per heavy atom. The first-order chi connectivity index (χ1) is 8.67. The first-order valence-corrected chi connectivity index (χ1v) is 6.25. The van der Waals surface area contributed by atoms with Crippen LogP contribution >= 0.6 is 0 Å². The predicted molar refractivity (Wildman–Crippen MR) is 75.1 cm³/mol. The Morgan fingerprint density at radius 1 is 1.10 bits per heavy atom. The van der Waals surface area contributed by atoms with E-state index in [-0.39, 0.29) is 36.2 Å². The van der Waals surface area contributed by atoms with Gasteiger partial charge in [0.2, 0.25) is 0 Å². The quantitative estimate of drug-likeness (QED) is 0.545. The van der Waals surface area contributed by atoms with Crippen molar-refractivity contribution in [3.63, 3.8) is 0 Å². The van der Waals surface area contributed by atoms with E-state index in [0.717, 1.165) is 30.3 Å². The molecule has 20 heavy (non-hydrogen) atoms. The van der Waals surface area contributed by atoms with Crippen LogP contribution in [0.15, 0.2) is 18.2 Å². The molecule has 1 radical (unpaired) electrons. The summed E-state index contributed by atoms with van der Waals surface area (Å²) in [6.07, 6.45) is 0. The zero-order chi connectivity index (χ0) is 13.1. The van der Waals surface area contributed by atoms with Crippen LogP contribution in [0.1, 0.15) is 15.3 Å². The SMILES string of the molecule is COc1cccc(OC)c1N1[CH]N(C(C)C)CC1.[Au+].[Cl-].[HH]. The fraction of sp³-hybridized carbons (Fsp3) is 0.500. The second-order valence-corrected chi connectivity index (χ2v) is 4.65. The zero-order valence-electron chi connectivity index (χ0n) is 12.2. The summed E-state index contributed by atoms with van der Waals surface area (Å²) in [5, 5.41) is 0. The number of nitrogens with zero attached hydrogens (tertiary/aromatic N) is 2. The normalized spacial score (nSPS) is 14.8. The second-order valence-electron chi connectivity index (χ2n) is 4.65. The van der Waals surface area contributed by atoms with E-state index >= 15 is 0 Å². The molecule has 0 N–H and O–H groups in total. The van der Waals surface area contributed by atoms with Gasteiger partial charge < -0.3 is 26.8 Å². The van der Waals surface area contributed by atoms with Crippen LogP contribution < -0.4 is 26.8 Å². The van der Waals surface area contributed by atoms with Crippen LogP contribution in [-0.4, -0.2) is 38.3 Å². The third-order valence-corrected chi connectivity index (χ3v) is 3.24. The van der Waals surface area contributed by atoms with Crippen molar-refractivity contribution in [3.8, 4) is 11.5 Å². The molecule has 0 unspecified atom stereocenters. The number of benzene rings is 1. The third kappa shape index (κ3) is 4.06. The number of rotatable bonds is 4. The molecule has 119 valence electrons. The molecule has 0 amide bonds. The largest absolute Gasteiger partial charge is 1.00 e. The average Bonchev–Trinajstić information content (AvgIpc) is 2.87. The smallest absolute Gasteiger partial charge is 1.00 e. The summed E-state index contributed by atoms with van der Waals surface area (Å²) in [7, 11) is 3.38. The maximum absolute atomic E-state index is 5.44. The molecular weight excluding hydrogens is 461 g/mol. The first kappa shape index (κ1) is 19.6. The molecule has 0 spiro atoms. The van der Waals surface area contributed by atoms with E-state index < -0.39 is 0 Å². The summed E-state index contributed by atoms with van der Waals surface area (Å²) in [6, 6.07) is 6.38. The fourth-order valence-electron chi connectivity index (χ4n) is 2.19. The maximum Gasteiger partial charge on any atom is 1.00 e. The number of anilines is 1. The molecule has 4 nitrogen and oxygen atoms in total. The van der Waals surface area contributed by atoms with Gasteiger partial charge in [0, 0.05) is 20.6 Å². The molecule has 1 aromatic rings. The summed E-state index contributed by atoms with van der Waals surface area (Å²) in [5.41, 5.74) is 1.01. The van der Waals surface area contributed by atoms with Crippen molar-refractivity contribution in [2.75, 3.05) is 32.2 Å². The molecule has 1 aliphatic rings. The van der Waals surface area contributed by atoms with Gasteiger partial charge in [0.25, 0.3) is 0 Å². The molecule has 1 aliphatic heterocycles. The molecular formula is C14H23AuClN2O2. The van der Waals surface area contributed by atoms with E-state index in [9.17, 15) is 0 Å². The predicted octanol–water partition coefficient (Wildman–Crippen LogP) is -0.399. The van der Waals surface area contributed by atoms with Crippen LogP contribution in [0.4, 0.5) is 5.69 Å². The van der Waals surface area contributed by atoms with Gasteiger partial charge in [-0.1, -0.05) is 6.07 Å². The summed E-state index contributed by atoms with van der Waals surface area (Å²) < 4.78 is 10.9. The number of hydrogen-bond donors (Lipinski definition) is 0. The van der Waals surface area contributed by atoms with Crippen molar-refractivity contribution in [2.24, 2.45) is 0 Å². The molecule has 1 saturated heterocycles.